The molecule has 1 aliphatic carbocycles. The molecule has 1 unspecified atom stereocenters. The number of carbonyl (C=O) groups is 2. The summed E-state index contributed by atoms with van der Waals surface area (Å²) in [4.78, 5) is 22.5. The minimum absolute atomic E-state index is 0.128. The van der Waals surface area contributed by atoms with Crippen LogP contribution >= 0.6 is 0 Å². The van der Waals surface area contributed by atoms with E-state index in [-0.39, 0.29) is 5.91 Å². The molecule has 1 saturated carbocycles. The summed E-state index contributed by atoms with van der Waals surface area (Å²) in [6.45, 7) is 3.23. The number of amides is 2. The van der Waals surface area contributed by atoms with Crippen LogP contribution in [0.5, 0.6) is 0 Å². The summed E-state index contributed by atoms with van der Waals surface area (Å²) in [5.41, 5.74) is 0. The van der Waals surface area contributed by atoms with Crippen LogP contribution in [0.2, 0.25) is 0 Å². The van der Waals surface area contributed by atoms with Crippen LogP contribution in [0.15, 0.2) is 0 Å². The summed E-state index contributed by atoms with van der Waals surface area (Å²) in [5, 5.41) is 5.14. The molecule has 19 heavy (non-hydrogen) atoms. The van der Waals surface area contributed by atoms with Crippen LogP contribution in [-0.4, -0.2) is 31.2 Å². The van der Waals surface area contributed by atoms with Gasteiger partial charge in [0.15, 0.2) is 0 Å². The lowest BCUT2D eigenvalue weighted by Crippen LogP contribution is -2.61. The third-order valence-electron chi connectivity index (χ3n) is 4.20. The van der Waals surface area contributed by atoms with E-state index in [2.05, 4.69) is 17.6 Å². The largest absolute Gasteiger partial charge is 0.449 e. The van der Waals surface area contributed by atoms with E-state index >= 15 is 0 Å². The van der Waals surface area contributed by atoms with Crippen LogP contribution in [0.1, 0.15) is 45.4 Å². The Kier molecular flexibility index (Phi) is 5.05. The molecule has 0 aromatic carbocycles. The molecule has 1 aliphatic heterocycles. The molecule has 0 aromatic heterocycles. The maximum absolute atomic E-state index is 11.5. The summed E-state index contributed by atoms with van der Waals surface area (Å²) in [6, 6.07) is -0.396. The zero-order chi connectivity index (χ0) is 13.7. The molecule has 2 rings (SSSR count). The van der Waals surface area contributed by atoms with Gasteiger partial charge in [-0.25, -0.2) is 4.79 Å². The molecule has 2 aliphatic rings. The molecule has 1 saturated heterocycles. The number of alkyl carbamates (subject to hydrolysis) is 1. The van der Waals surface area contributed by atoms with E-state index in [1.807, 2.05) is 0 Å². The second-order valence-corrected chi connectivity index (χ2v) is 5.72. The van der Waals surface area contributed by atoms with E-state index in [1.54, 1.807) is 0 Å². The molecule has 2 amide bonds. The first-order valence-electron chi connectivity index (χ1n) is 7.40. The summed E-state index contributed by atoms with van der Waals surface area (Å²) >= 11 is 0. The summed E-state index contributed by atoms with van der Waals surface area (Å²) in [6.07, 6.45) is 6.95. The number of nitrogens with one attached hydrogen (secondary N) is 2. The predicted octanol–water partition coefficient (Wildman–Crippen LogP) is 1.82. The number of rotatable bonds is 5. The number of β-lactam (4-membered cyclic amide) rings is 1. The summed E-state index contributed by atoms with van der Waals surface area (Å²) in [7, 11) is 0. The molecule has 0 bridgehead atoms. The van der Waals surface area contributed by atoms with E-state index in [1.165, 1.54) is 25.7 Å². The van der Waals surface area contributed by atoms with Crippen molar-refractivity contribution in [2.24, 2.45) is 11.8 Å². The van der Waals surface area contributed by atoms with Gasteiger partial charge in [0.1, 0.15) is 6.04 Å². The van der Waals surface area contributed by atoms with E-state index in [9.17, 15) is 9.59 Å². The van der Waals surface area contributed by atoms with Crippen molar-refractivity contribution >= 4 is 12.0 Å². The SMILES string of the molecule is CCCC1CCC(COC(=O)NC2CNC2=O)CC1. The van der Waals surface area contributed by atoms with Gasteiger partial charge in [-0.1, -0.05) is 32.6 Å². The van der Waals surface area contributed by atoms with Gasteiger partial charge in [0.25, 0.3) is 0 Å². The summed E-state index contributed by atoms with van der Waals surface area (Å²) in [5.74, 6) is 1.24. The van der Waals surface area contributed by atoms with Gasteiger partial charge in [0, 0.05) is 6.54 Å². The zero-order valence-electron chi connectivity index (χ0n) is 11.6. The lowest BCUT2D eigenvalue weighted by molar-refractivity contribution is -0.128. The van der Waals surface area contributed by atoms with E-state index in [0.717, 1.165) is 18.8 Å². The maximum Gasteiger partial charge on any atom is 0.407 e. The number of hydrogen-bond donors (Lipinski definition) is 2. The van der Waals surface area contributed by atoms with Gasteiger partial charge in [-0.2, -0.15) is 0 Å². The van der Waals surface area contributed by atoms with Crippen LogP contribution in [0.4, 0.5) is 4.79 Å². The molecule has 2 N–H and O–H groups in total. The highest BCUT2D eigenvalue weighted by Gasteiger charge is 2.30. The van der Waals surface area contributed by atoms with Crippen molar-refractivity contribution in [3.05, 3.63) is 0 Å². The average Bonchev–Trinajstić information content (AvgIpc) is 2.43. The second-order valence-electron chi connectivity index (χ2n) is 5.72. The average molecular weight is 268 g/mol. The Labute approximate surface area is 114 Å². The fourth-order valence-electron chi connectivity index (χ4n) is 2.88. The first-order valence-corrected chi connectivity index (χ1v) is 7.40. The number of carbonyl (C=O) groups excluding carboxylic acids is 2. The standard InChI is InChI=1S/C14H24N2O3/c1-2-3-10-4-6-11(7-5-10)9-19-14(18)16-12-8-15-13(12)17/h10-12H,2-9H2,1H3,(H,15,17)(H,16,18). The van der Waals surface area contributed by atoms with E-state index < -0.39 is 12.1 Å². The molecule has 5 nitrogen and oxygen atoms in total. The van der Waals surface area contributed by atoms with E-state index in [4.69, 9.17) is 4.74 Å². The quantitative estimate of drug-likeness (QED) is 0.747. The molecular formula is C14H24N2O3. The lowest BCUT2D eigenvalue weighted by atomic mass is 9.80. The molecule has 0 aromatic rings. The zero-order valence-corrected chi connectivity index (χ0v) is 11.6. The molecule has 108 valence electrons. The maximum atomic E-state index is 11.5. The molecule has 1 heterocycles. The van der Waals surface area contributed by atoms with Gasteiger partial charge in [-0.05, 0) is 24.7 Å². The molecule has 1 atom stereocenters. The highest BCUT2D eigenvalue weighted by Crippen LogP contribution is 2.31. The first kappa shape index (κ1) is 14.2. The van der Waals surface area contributed by atoms with Crippen molar-refractivity contribution in [3.63, 3.8) is 0 Å². The number of ether oxygens (including phenoxy) is 1. The van der Waals surface area contributed by atoms with Gasteiger partial charge in [0.2, 0.25) is 5.91 Å². The second kappa shape index (κ2) is 6.78. The fourth-order valence-corrected chi connectivity index (χ4v) is 2.88. The van der Waals surface area contributed by atoms with Crippen molar-refractivity contribution in [3.8, 4) is 0 Å². The lowest BCUT2D eigenvalue weighted by Gasteiger charge is -2.29. The summed E-state index contributed by atoms with van der Waals surface area (Å²) < 4.78 is 5.20. The van der Waals surface area contributed by atoms with E-state index in [0.29, 0.717) is 19.1 Å². The Morgan fingerprint density at radius 3 is 2.53 bits per heavy atom. The monoisotopic (exact) mass is 268 g/mol. The molecule has 0 radical (unpaired) electrons. The van der Waals surface area contributed by atoms with Gasteiger partial charge in [0.05, 0.1) is 6.61 Å². The minimum Gasteiger partial charge on any atom is -0.449 e. The normalized spacial score (nSPS) is 30.2. The molecular weight excluding hydrogens is 244 g/mol. The van der Waals surface area contributed by atoms with Crippen molar-refractivity contribution < 1.29 is 14.3 Å². The Bertz CT molecular complexity index is 325. The minimum atomic E-state index is -0.462. The first-order chi connectivity index (χ1) is 9.19. The molecule has 2 fully saturated rings. The van der Waals surface area contributed by atoms with Crippen LogP contribution in [-0.2, 0) is 9.53 Å². The van der Waals surface area contributed by atoms with Gasteiger partial charge < -0.3 is 15.4 Å². The van der Waals surface area contributed by atoms with Gasteiger partial charge >= 0.3 is 6.09 Å². The van der Waals surface area contributed by atoms with Crippen molar-refractivity contribution in [2.75, 3.05) is 13.2 Å². The predicted molar refractivity (Wildman–Crippen MR) is 71.6 cm³/mol. The van der Waals surface area contributed by atoms with Gasteiger partial charge in [-0.3, -0.25) is 4.79 Å². The Balaban J connectivity index is 1.58. The van der Waals surface area contributed by atoms with Crippen LogP contribution in [0.25, 0.3) is 0 Å². The van der Waals surface area contributed by atoms with Crippen LogP contribution in [0, 0.1) is 11.8 Å². The highest BCUT2D eigenvalue weighted by atomic mass is 16.5. The van der Waals surface area contributed by atoms with Crippen molar-refractivity contribution in [1.29, 1.82) is 0 Å². The topological polar surface area (TPSA) is 67.4 Å². The number of hydrogen-bond acceptors (Lipinski definition) is 3. The fraction of sp³-hybridized carbons (Fsp3) is 0.857. The molecule has 0 spiro atoms. The third-order valence-corrected chi connectivity index (χ3v) is 4.20. The van der Waals surface area contributed by atoms with Gasteiger partial charge in [-0.15, -0.1) is 0 Å². The Hall–Kier alpha value is -1.26. The smallest absolute Gasteiger partial charge is 0.407 e. The van der Waals surface area contributed by atoms with Crippen molar-refractivity contribution in [2.45, 2.75) is 51.5 Å². The van der Waals surface area contributed by atoms with Crippen LogP contribution in [0.3, 0.4) is 0 Å². The third kappa shape index (κ3) is 4.11. The Morgan fingerprint density at radius 1 is 1.32 bits per heavy atom. The Morgan fingerprint density at radius 2 is 2.00 bits per heavy atom. The highest BCUT2D eigenvalue weighted by molar-refractivity contribution is 5.90. The molecule has 5 heteroatoms. The van der Waals surface area contributed by atoms with Crippen LogP contribution < -0.4 is 10.6 Å². The van der Waals surface area contributed by atoms with Crippen molar-refractivity contribution in [1.82, 2.24) is 10.6 Å².